The number of nitrogens with one attached hydrogen (secondary N) is 1. The summed E-state index contributed by atoms with van der Waals surface area (Å²) in [5.41, 5.74) is 0.656. The molecule has 0 aliphatic carbocycles. The molecule has 5 heteroatoms. The van der Waals surface area contributed by atoms with E-state index in [1.54, 1.807) is 19.9 Å². The number of amides is 1. The van der Waals surface area contributed by atoms with Crippen LogP contribution in [0.25, 0.3) is 0 Å². The number of carbonyl (C=O) groups excluding carboxylic acids is 1. The molecule has 1 unspecified atom stereocenters. The maximum absolute atomic E-state index is 11.3. The first-order valence-corrected chi connectivity index (χ1v) is 4.24. The molecule has 0 aliphatic rings. The summed E-state index contributed by atoms with van der Waals surface area (Å²) >= 11 is 0. The topological polar surface area (TPSA) is 78.9 Å². The molecule has 1 N–H and O–H groups in total. The van der Waals surface area contributed by atoms with Gasteiger partial charge in [-0.25, -0.2) is 0 Å². The summed E-state index contributed by atoms with van der Waals surface area (Å²) in [5.74, 6) is -0.372. The lowest BCUT2D eigenvalue weighted by Crippen LogP contribution is -2.27. The summed E-state index contributed by atoms with van der Waals surface area (Å²) in [6.45, 7) is 3.78. The highest BCUT2D eigenvalue weighted by Crippen LogP contribution is 2.01. The minimum Gasteiger partial charge on any atom is -0.351 e. The second-order valence-electron chi connectivity index (χ2n) is 3.07. The third-order valence-electron chi connectivity index (χ3n) is 1.64. The Morgan fingerprint density at radius 3 is 3.07 bits per heavy atom. The van der Waals surface area contributed by atoms with Gasteiger partial charge in [-0.3, -0.25) is 4.79 Å². The predicted molar refractivity (Wildman–Crippen MR) is 48.4 cm³/mol. The monoisotopic (exact) mass is 193 g/mol. The minimum atomic E-state index is -0.340. The number of rotatable bonds is 3. The molecule has 0 aliphatic heterocycles. The molecule has 0 saturated carbocycles. The van der Waals surface area contributed by atoms with Crippen LogP contribution in [0.5, 0.6) is 0 Å². The van der Waals surface area contributed by atoms with E-state index in [4.69, 9.17) is 9.78 Å². The standard InChI is InChI=1S/C9H11N3O2/c1-6(4-10)5-11-9(13)8-3-7(2)12-14-8/h3,6H,5H2,1-2H3,(H,11,13). The Morgan fingerprint density at radius 1 is 1.86 bits per heavy atom. The largest absolute Gasteiger partial charge is 0.351 e. The highest BCUT2D eigenvalue weighted by molar-refractivity contribution is 5.91. The van der Waals surface area contributed by atoms with Gasteiger partial charge in [0.05, 0.1) is 17.7 Å². The van der Waals surface area contributed by atoms with Gasteiger partial charge in [0.15, 0.2) is 0 Å². The van der Waals surface area contributed by atoms with Crippen molar-refractivity contribution in [1.29, 1.82) is 5.26 Å². The zero-order chi connectivity index (χ0) is 10.6. The van der Waals surface area contributed by atoms with E-state index in [1.807, 2.05) is 6.07 Å². The molecule has 5 nitrogen and oxygen atoms in total. The van der Waals surface area contributed by atoms with Gasteiger partial charge in [0.2, 0.25) is 5.76 Å². The fraction of sp³-hybridized carbons (Fsp3) is 0.444. The Kier molecular flexibility index (Phi) is 3.24. The first-order chi connectivity index (χ1) is 6.63. The van der Waals surface area contributed by atoms with Gasteiger partial charge in [-0.15, -0.1) is 0 Å². The maximum Gasteiger partial charge on any atom is 0.289 e. The lowest BCUT2D eigenvalue weighted by atomic mass is 10.2. The Balaban J connectivity index is 2.48. The van der Waals surface area contributed by atoms with E-state index in [1.165, 1.54) is 0 Å². The molecular weight excluding hydrogens is 182 g/mol. The van der Waals surface area contributed by atoms with Crippen molar-refractivity contribution in [3.8, 4) is 6.07 Å². The van der Waals surface area contributed by atoms with Crippen LogP contribution in [-0.2, 0) is 0 Å². The number of carbonyl (C=O) groups is 1. The molecule has 14 heavy (non-hydrogen) atoms. The smallest absolute Gasteiger partial charge is 0.289 e. The summed E-state index contributed by atoms with van der Waals surface area (Å²) in [6.07, 6.45) is 0. The fourth-order valence-electron chi connectivity index (χ4n) is 0.849. The molecule has 0 aromatic carbocycles. The maximum atomic E-state index is 11.3. The molecule has 0 bridgehead atoms. The number of hydrogen-bond acceptors (Lipinski definition) is 4. The van der Waals surface area contributed by atoms with Crippen LogP contribution >= 0.6 is 0 Å². The van der Waals surface area contributed by atoms with Crippen molar-refractivity contribution in [1.82, 2.24) is 10.5 Å². The third kappa shape index (κ3) is 2.59. The van der Waals surface area contributed by atoms with E-state index in [-0.39, 0.29) is 17.6 Å². The van der Waals surface area contributed by atoms with Crippen molar-refractivity contribution < 1.29 is 9.32 Å². The average molecular weight is 193 g/mol. The molecule has 74 valence electrons. The average Bonchev–Trinajstić information content (AvgIpc) is 2.60. The molecule has 1 atom stereocenters. The molecule has 1 aromatic rings. The first kappa shape index (κ1) is 10.3. The van der Waals surface area contributed by atoms with Gasteiger partial charge in [0.25, 0.3) is 5.91 Å². The van der Waals surface area contributed by atoms with Crippen LogP contribution in [0.4, 0.5) is 0 Å². The minimum absolute atomic E-state index is 0.174. The van der Waals surface area contributed by atoms with Crippen LogP contribution < -0.4 is 5.32 Å². The van der Waals surface area contributed by atoms with Crippen molar-refractivity contribution >= 4 is 5.91 Å². The lowest BCUT2D eigenvalue weighted by Gasteiger charge is -2.02. The van der Waals surface area contributed by atoms with Crippen LogP contribution in [0.2, 0.25) is 0 Å². The molecule has 0 fully saturated rings. The van der Waals surface area contributed by atoms with Crippen LogP contribution in [-0.4, -0.2) is 17.6 Å². The Bertz CT molecular complexity index is 364. The molecule has 1 amide bonds. The summed E-state index contributed by atoms with van der Waals surface area (Å²) in [7, 11) is 0. The van der Waals surface area contributed by atoms with Crippen LogP contribution in [0, 0.1) is 24.2 Å². The summed E-state index contributed by atoms with van der Waals surface area (Å²) in [6, 6.07) is 3.56. The van der Waals surface area contributed by atoms with Crippen molar-refractivity contribution in [3.63, 3.8) is 0 Å². The fourth-order valence-corrected chi connectivity index (χ4v) is 0.849. The van der Waals surface area contributed by atoms with E-state index in [0.717, 1.165) is 0 Å². The molecule has 1 aromatic heterocycles. The van der Waals surface area contributed by atoms with Gasteiger partial charge in [0.1, 0.15) is 0 Å². The summed E-state index contributed by atoms with van der Waals surface area (Å²) in [5, 5.41) is 14.6. The van der Waals surface area contributed by atoms with E-state index < -0.39 is 0 Å². The number of nitriles is 1. The van der Waals surface area contributed by atoms with E-state index in [9.17, 15) is 4.79 Å². The van der Waals surface area contributed by atoms with Gasteiger partial charge in [-0.05, 0) is 13.8 Å². The number of nitrogens with zero attached hydrogens (tertiary/aromatic N) is 2. The van der Waals surface area contributed by atoms with Crippen molar-refractivity contribution in [2.75, 3.05) is 6.54 Å². The second kappa shape index (κ2) is 4.42. The number of hydrogen-bond donors (Lipinski definition) is 1. The Hall–Kier alpha value is -1.83. The highest BCUT2D eigenvalue weighted by Gasteiger charge is 2.11. The number of aromatic nitrogens is 1. The van der Waals surface area contributed by atoms with Gasteiger partial charge in [0, 0.05) is 12.6 Å². The molecule has 1 rings (SSSR count). The quantitative estimate of drug-likeness (QED) is 0.772. The SMILES string of the molecule is Cc1cc(C(=O)NCC(C)C#N)on1. The van der Waals surface area contributed by atoms with Crippen molar-refractivity contribution in [2.24, 2.45) is 5.92 Å². The van der Waals surface area contributed by atoms with E-state index in [0.29, 0.717) is 12.2 Å². The Morgan fingerprint density at radius 2 is 2.57 bits per heavy atom. The molecule has 0 saturated heterocycles. The van der Waals surface area contributed by atoms with Gasteiger partial charge in [-0.2, -0.15) is 5.26 Å². The third-order valence-corrected chi connectivity index (χ3v) is 1.64. The predicted octanol–water partition coefficient (Wildman–Crippen LogP) is 0.872. The van der Waals surface area contributed by atoms with Crippen molar-refractivity contribution in [3.05, 3.63) is 17.5 Å². The second-order valence-corrected chi connectivity index (χ2v) is 3.07. The molecule has 0 spiro atoms. The molecule has 0 radical (unpaired) electrons. The highest BCUT2D eigenvalue weighted by atomic mass is 16.5. The molecular formula is C9H11N3O2. The zero-order valence-corrected chi connectivity index (χ0v) is 8.07. The first-order valence-electron chi connectivity index (χ1n) is 4.24. The van der Waals surface area contributed by atoms with E-state index >= 15 is 0 Å². The van der Waals surface area contributed by atoms with Crippen LogP contribution in [0.3, 0.4) is 0 Å². The normalized spacial score (nSPS) is 11.8. The lowest BCUT2D eigenvalue weighted by molar-refractivity contribution is 0.0914. The molecule has 1 heterocycles. The van der Waals surface area contributed by atoms with Crippen LogP contribution in [0.15, 0.2) is 10.6 Å². The van der Waals surface area contributed by atoms with Gasteiger partial charge in [-0.1, -0.05) is 5.16 Å². The van der Waals surface area contributed by atoms with Crippen LogP contribution in [0.1, 0.15) is 23.2 Å². The zero-order valence-electron chi connectivity index (χ0n) is 8.07. The van der Waals surface area contributed by atoms with E-state index in [2.05, 4.69) is 10.5 Å². The summed E-state index contributed by atoms with van der Waals surface area (Å²) < 4.78 is 4.75. The summed E-state index contributed by atoms with van der Waals surface area (Å²) in [4.78, 5) is 11.3. The van der Waals surface area contributed by atoms with Gasteiger partial charge >= 0.3 is 0 Å². The number of aryl methyl sites for hydroxylation is 1. The van der Waals surface area contributed by atoms with Crippen molar-refractivity contribution in [2.45, 2.75) is 13.8 Å². The van der Waals surface area contributed by atoms with Gasteiger partial charge < -0.3 is 9.84 Å². The Labute approximate surface area is 81.7 Å².